The topological polar surface area (TPSA) is 71.9 Å². The van der Waals surface area contributed by atoms with E-state index in [2.05, 4.69) is 9.72 Å². The van der Waals surface area contributed by atoms with Gasteiger partial charge in [0.25, 0.3) is 0 Å². The van der Waals surface area contributed by atoms with Crippen molar-refractivity contribution in [2.45, 2.75) is 44.4 Å². The number of aliphatic hydroxyl groups is 1. The van der Waals surface area contributed by atoms with E-state index in [9.17, 15) is 18.7 Å². The largest absolute Gasteiger partial charge is 0.496 e. The van der Waals surface area contributed by atoms with E-state index in [4.69, 9.17) is 4.74 Å². The number of aliphatic hydroxyl groups excluding tert-OH is 1. The van der Waals surface area contributed by atoms with Crippen molar-refractivity contribution in [3.63, 3.8) is 0 Å². The zero-order chi connectivity index (χ0) is 20.8. The fourth-order valence-corrected chi connectivity index (χ4v) is 3.67. The number of carbonyl (C=O) groups excluding carboxylic acids is 1. The molecule has 2 aromatic rings. The minimum Gasteiger partial charge on any atom is -0.496 e. The smallest absolute Gasteiger partial charge is 0.387 e. The lowest BCUT2D eigenvalue weighted by atomic mass is 9.92. The fourth-order valence-electron chi connectivity index (χ4n) is 3.67. The van der Waals surface area contributed by atoms with Crippen LogP contribution in [0.3, 0.4) is 0 Å². The lowest BCUT2D eigenvalue weighted by Gasteiger charge is -2.39. The first-order chi connectivity index (χ1) is 14.0. The highest BCUT2D eigenvalue weighted by molar-refractivity contribution is 5.79. The Bertz CT molecular complexity index is 817. The van der Waals surface area contributed by atoms with E-state index in [0.717, 1.165) is 12.8 Å². The first-order valence-corrected chi connectivity index (χ1v) is 9.48. The molecule has 1 aliphatic rings. The lowest BCUT2D eigenvalue weighted by molar-refractivity contribution is -0.137. The van der Waals surface area contributed by atoms with Gasteiger partial charge in [-0.1, -0.05) is 12.1 Å². The van der Waals surface area contributed by atoms with Gasteiger partial charge in [0, 0.05) is 24.5 Å². The molecule has 0 spiro atoms. The first kappa shape index (κ1) is 21.0. The monoisotopic (exact) mass is 406 g/mol. The molecule has 29 heavy (non-hydrogen) atoms. The van der Waals surface area contributed by atoms with Crippen molar-refractivity contribution in [2.75, 3.05) is 13.7 Å². The van der Waals surface area contributed by atoms with E-state index in [1.54, 1.807) is 35.5 Å². The third-order valence-electron chi connectivity index (χ3n) is 5.09. The molecular formula is C21H24F2N2O4. The number of amides is 1. The molecular weight excluding hydrogens is 382 g/mol. The van der Waals surface area contributed by atoms with Crippen molar-refractivity contribution in [2.24, 2.45) is 0 Å². The summed E-state index contributed by atoms with van der Waals surface area (Å²) in [6.07, 6.45) is 4.79. The van der Waals surface area contributed by atoms with E-state index in [-0.39, 0.29) is 24.1 Å². The van der Waals surface area contributed by atoms with Gasteiger partial charge >= 0.3 is 6.61 Å². The van der Waals surface area contributed by atoms with Gasteiger partial charge in [0.15, 0.2) is 0 Å². The van der Waals surface area contributed by atoms with E-state index in [1.807, 2.05) is 0 Å². The molecule has 2 atom stereocenters. The van der Waals surface area contributed by atoms with Crippen LogP contribution in [0.25, 0.3) is 0 Å². The highest BCUT2D eigenvalue weighted by Gasteiger charge is 2.34. The minimum absolute atomic E-state index is 0.0474. The number of aromatic nitrogens is 1. The number of hydrogen-bond donors (Lipinski definition) is 1. The van der Waals surface area contributed by atoms with Crippen LogP contribution in [-0.2, 0) is 11.2 Å². The number of rotatable bonds is 7. The summed E-state index contributed by atoms with van der Waals surface area (Å²) in [5.74, 6) is 0.449. The molecule has 1 N–H and O–H groups in total. The minimum atomic E-state index is -2.89. The Morgan fingerprint density at radius 3 is 2.72 bits per heavy atom. The van der Waals surface area contributed by atoms with Crippen LogP contribution in [0.1, 0.15) is 36.5 Å². The Kier molecular flexibility index (Phi) is 6.98. The summed E-state index contributed by atoms with van der Waals surface area (Å²) in [7, 11) is 1.52. The predicted octanol–water partition coefficient (Wildman–Crippen LogP) is 3.35. The maximum Gasteiger partial charge on any atom is 0.387 e. The van der Waals surface area contributed by atoms with Crippen molar-refractivity contribution < 1.29 is 28.2 Å². The van der Waals surface area contributed by atoms with E-state index >= 15 is 0 Å². The second-order valence-electron chi connectivity index (χ2n) is 6.91. The maximum atomic E-state index is 12.9. The Morgan fingerprint density at radius 2 is 2.03 bits per heavy atom. The fraction of sp³-hybridized carbons (Fsp3) is 0.429. The van der Waals surface area contributed by atoms with Gasteiger partial charge in [-0.15, -0.1) is 0 Å². The molecule has 156 valence electrons. The second-order valence-corrected chi connectivity index (χ2v) is 6.91. The summed E-state index contributed by atoms with van der Waals surface area (Å²) in [4.78, 5) is 18.7. The standard InChI is InChI=1S/C21H24F2N2O4/c1-28-18-9-10-24-13-16(18)20(27)17-4-2-3-11-25(17)19(26)12-14-5-7-15(8-6-14)29-21(22)23/h5-10,13,17,20-21,27H,2-4,11-12H2,1H3/t17-,20+/m1/s1. The van der Waals surface area contributed by atoms with Gasteiger partial charge in [-0.05, 0) is 43.0 Å². The lowest BCUT2D eigenvalue weighted by Crippen LogP contribution is -2.47. The van der Waals surface area contributed by atoms with E-state index in [1.165, 1.54) is 19.2 Å². The quantitative estimate of drug-likeness (QED) is 0.764. The summed E-state index contributed by atoms with van der Waals surface area (Å²) < 4.78 is 34.2. The molecule has 1 amide bonds. The number of likely N-dealkylation sites (tertiary alicyclic amines) is 1. The number of carbonyl (C=O) groups is 1. The number of methoxy groups -OCH3 is 1. The zero-order valence-corrected chi connectivity index (χ0v) is 16.1. The number of piperidine rings is 1. The van der Waals surface area contributed by atoms with Crippen LogP contribution < -0.4 is 9.47 Å². The molecule has 0 unspecified atom stereocenters. The van der Waals surface area contributed by atoms with Crippen molar-refractivity contribution in [3.05, 3.63) is 53.9 Å². The number of nitrogens with zero attached hydrogens (tertiary/aromatic N) is 2. The number of pyridine rings is 1. The summed E-state index contributed by atoms with van der Waals surface area (Å²) in [5.41, 5.74) is 1.24. The Balaban J connectivity index is 1.72. The van der Waals surface area contributed by atoms with Gasteiger partial charge in [-0.3, -0.25) is 9.78 Å². The van der Waals surface area contributed by atoms with Gasteiger partial charge in [0.2, 0.25) is 5.91 Å². The van der Waals surface area contributed by atoms with Crippen molar-refractivity contribution in [1.29, 1.82) is 0 Å². The molecule has 1 aliphatic heterocycles. The molecule has 0 saturated carbocycles. The van der Waals surface area contributed by atoms with Crippen LogP contribution in [0, 0.1) is 0 Å². The summed E-state index contributed by atoms with van der Waals surface area (Å²) in [6.45, 7) is -2.34. The van der Waals surface area contributed by atoms with Crippen LogP contribution in [0.15, 0.2) is 42.7 Å². The third kappa shape index (κ3) is 5.20. The van der Waals surface area contributed by atoms with Crippen molar-refractivity contribution in [3.8, 4) is 11.5 Å². The molecule has 0 radical (unpaired) electrons. The predicted molar refractivity (Wildman–Crippen MR) is 102 cm³/mol. The molecule has 2 heterocycles. The van der Waals surface area contributed by atoms with Crippen molar-refractivity contribution in [1.82, 2.24) is 9.88 Å². The summed E-state index contributed by atoms with van der Waals surface area (Å²) in [5, 5.41) is 11.0. The van der Waals surface area contributed by atoms with Gasteiger partial charge in [-0.25, -0.2) is 0 Å². The highest BCUT2D eigenvalue weighted by atomic mass is 19.3. The van der Waals surface area contributed by atoms with E-state index < -0.39 is 12.7 Å². The Hall–Kier alpha value is -2.74. The van der Waals surface area contributed by atoms with E-state index in [0.29, 0.717) is 29.8 Å². The second kappa shape index (κ2) is 9.65. The van der Waals surface area contributed by atoms with Gasteiger partial charge < -0.3 is 19.5 Å². The Labute approximate surface area is 168 Å². The molecule has 1 aromatic heterocycles. The molecule has 1 fully saturated rings. The highest BCUT2D eigenvalue weighted by Crippen LogP contribution is 2.33. The number of alkyl halides is 2. The van der Waals surface area contributed by atoms with Gasteiger partial charge in [0.05, 0.1) is 19.6 Å². The maximum absolute atomic E-state index is 12.9. The van der Waals surface area contributed by atoms with Gasteiger partial charge in [0.1, 0.15) is 17.6 Å². The van der Waals surface area contributed by atoms with Crippen LogP contribution in [0.5, 0.6) is 11.5 Å². The number of halogens is 2. The molecule has 0 bridgehead atoms. The Morgan fingerprint density at radius 1 is 1.28 bits per heavy atom. The average Bonchev–Trinajstić information content (AvgIpc) is 2.74. The molecule has 1 saturated heterocycles. The molecule has 0 aliphatic carbocycles. The average molecular weight is 406 g/mol. The summed E-state index contributed by atoms with van der Waals surface area (Å²) >= 11 is 0. The van der Waals surface area contributed by atoms with Crippen molar-refractivity contribution >= 4 is 5.91 Å². The van der Waals surface area contributed by atoms with Crippen LogP contribution in [0.4, 0.5) is 8.78 Å². The SMILES string of the molecule is COc1ccncc1[C@H](O)[C@H]1CCCCN1C(=O)Cc1ccc(OC(F)F)cc1. The van der Waals surface area contributed by atoms with Crippen LogP contribution >= 0.6 is 0 Å². The zero-order valence-electron chi connectivity index (χ0n) is 16.1. The first-order valence-electron chi connectivity index (χ1n) is 9.48. The number of ether oxygens (including phenoxy) is 2. The summed E-state index contributed by atoms with van der Waals surface area (Å²) in [6, 6.07) is 7.31. The molecule has 6 nitrogen and oxygen atoms in total. The van der Waals surface area contributed by atoms with Crippen LogP contribution in [-0.4, -0.2) is 47.2 Å². The third-order valence-corrected chi connectivity index (χ3v) is 5.09. The molecule has 8 heteroatoms. The number of hydrogen-bond acceptors (Lipinski definition) is 5. The van der Waals surface area contributed by atoms with Gasteiger partial charge in [-0.2, -0.15) is 8.78 Å². The molecule has 1 aromatic carbocycles. The molecule has 3 rings (SSSR count). The van der Waals surface area contributed by atoms with Crippen LogP contribution in [0.2, 0.25) is 0 Å². The normalized spacial score (nSPS) is 17.8. The number of benzene rings is 1.